The van der Waals surface area contributed by atoms with Crippen LogP contribution >= 0.6 is 0 Å². The normalized spacial score (nSPS) is 19.1. The van der Waals surface area contributed by atoms with Gasteiger partial charge in [0.1, 0.15) is 18.0 Å². The molecular formula is C12H21N5. The first kappa shape index (κ1) is 12.1. The number of aromatic nitrogens is 2. The lowest BCUT2D eigenvalue weighted by molar-refractivity contribution is 0.378. The van der Waals surface area contributed by atoms with Crippen molar-refractivity contribution in [3.8, 4) is 0 Å². The number of piperazine rings is 1. The highest BCUT2D eigenvalue weighted by molar-refractivity contribution is 5.50. The molecule has 0 amide bonds. The third-order valence-corrected chi connectivity index (χ3v) is 3.09. The van der Waals surface area contributed by atoms with Gasteiger partial charge in [-0.3, -0.25) is 0 Å². The summed E-state index contributed by atoms with van der Waals surface area (Å²) in [5.74, 6) is 1.90. The Morgan fingerprint density at radius 1 is 1.47 bits per heavy atom. The van der Waals surface area contributed by atoms with Gasteiger partial charge in [-0.2, -0.15) is 0 Å². The molecule has 17 heavy (non-hydrogen) atoms. The molecule has 2 heterocycles. The highest BCUT2D eigenvalue weighted by Gasteiger charge is 2.30. The van der Waals surface area contributed by atoms with Crippen molar-refractivity contribution >= 4 is 11.6 Å². The van der Waals surface area contributed by atoms with Crippen LogP contribution in [0.5, 0.6) is 0 Å². The average molecular weight is 235 g/mol. The van der Waals surface area contributed by atoms with Gasteiger partial charge in [-0.05, 0) is 20.8 Å². The topological polar surface area (TPSA) is 53.1 Å². The molecule has 5 heteroatoms. The summed E-state index contributed by atoms with van der Waals surface area (Å²) < 4.78 is 0. The Hall–Kier alpha value is -1.36. The number of hydrogen-bond acceptors (Lipinski definition) is 5. The van der Waals surface area contributed by atoms with Crippen molar-refractivity contribution in [2.75, 3.05) is 36.4 Å². The first-order valence-corrected chi connectivity index (χ1v) is 6.18. The van der Waals surface area contributed by atoms with E-state index in [9.17, 15) is 0 Å². The lowest BCUT2D eigenvalue weighted by atomic mass is 10.0. The molecule has 0 radical (unpaired) electrons. The van der Waals surface area contributed by atoms with E-state index in [1.165, 1.54) is 0 Å². The first-order valence-electron chi connectivity index (χ1n) is 6.18. The maximum absolute atomic E-state index is 4.39. The zero-order valence-corrected chi connectivity index (χ0v) is 10.8. The largest absolute Gasteiger partial charge is 0.370 e. The van der Waals surface area contributed by atoms with Crippen LogP contribution in [0.4, 0.5) is 11.6 Å². The molecule has 0 spiro atoms. The van der Waals surface area contributed by atoms with Crippen LogP contribution in [0.25, 0.3) is 0 Å². The molecule has 1 aliphatic heterocycles. The SMILES string of the molecule is CCNc1cc(N2CCNCC2(C)C)ncn1. The molecule has 1 fully saturated rings. The Labute approximate surface area is 103 Å². The van der Waals surface area contributed by atoms with Crippen LogP contribution in [0.2, 0.25) is 0 Å². The van der Waals surface area contributed by atoms with Crippen molar-refractivity contribution in [2.45, 2.75) is 26.3 Å². The molecule has 0 atom stereocenters. The maximum Gasteiger partial charge on any atom is 0.134 e. The van der Waals surface area contributed by atoms with Gasteiger partial charge in [0.15, 0.2) is 0 Å². The maximum atomic E-state index is 4.39. The van der Waals surface area contributed by atoms with E-state index in [1.807, 2.05) is 6.07 Å². The molecule has 0 aliphatic carbocycles. The predicted octanol–water partition coefficient (Wildman–Crippen LogP) is 1.10. The number of nitrogens with one attached hydrogen (secondary N) is 2. The summed E-state index contributed by atoms with van der Waals surface area (Å²) >= 11 is 0. The van der Waals surface area contributed by atoms with Gasteiger partial charge in [0.2, 0.25) is 0 Å². The van der Waals surface area contributed by atoms with Crippen LogP contribution in [0.1, 0.15) is 20.8 Å². The zero-order chi connectivity index (χ0) is 12.3. The Morgan fingerprint density at radius 2 is 2.29 bits per heavy atom. The van der Waals surface area contributed by atoms with E-state index in [2.05, 4.69) is 46.3 Å². The van der Waals surface area contributed by atoms with Gasteiger partial charge in [0.25, 0.3) is 0 Å². The smallest absolute Gasteiger partial charge is 0.134 e. The van der Waals surface area contributed by atoms with Crippen molar-refractivity contribution in [2.24, 2.45) is 0 Å². The zero-order valence-electron chi connectivity index (χ0n) is 10.8. The fourth-order valence-corrected chi connectivity index (χ4v) is 2.18. The monoisotopic (exact) mass is 235 g/mol. The van der Waals surface area contributed by atoms with Crippen molar-refractivity contribution < 1.29 is 0 Å². The minimum Gasteiger partial charge on any atom is -0.370 e. The second-order valence-electron chi connectivity index (χ2n) is 4.93. The van der Waals surface area contributed by atoms with Crippen molar-refractivity contribution in [1.82, 2.24) is 15.3 Å². The summed E-state index contributed by atoms with van der Waals surface area (Å²) in [6, 6.07) is 2.02. The van der Waals surface area contributed by atoms with E-state index in [-0.39, 0.29) is 5.54 Å². The Bertz CT molecular complexity index is 377. The molecule has 0 aromatic carbocycles. The Balaban J connectivity index is 2.23. The summed E-state index contributed by atoms with van der Waals surface area (Å²) in [6.45, 7) is 10.4. The number of hydrogen-bond donors (Lipinski definition) is 2. The Kier molecular flexibility index (Phi) is 3.47. The minimum atomic E-state index is 0.0933. The van der Waals surface area contributed by atoms with Gasteiger partial charge in [0, 0.05) is 37.8 Å². The third kappa shape index (κ3) is 2.66. The predicted molar refractivity (Wildman–Crippen MR) is 70.5 cm³/mol. The fourth-order valence-electron chi connectivity index (χ4n) is 2.18. The number of nitrogens with zero attached hydrogens (tertiary/aromatic N) is 3. The molecule has 0 unspecified atom stereocenters. The van der Waals surface area contributed by atoms with Gasteiger partial charge >= 0.3 is 0 Å². The van der Waals surface area contributed by atoms with E-state index >= 15 is 0 Å². The number of rotatable bonds is 3. The molecule has 94 valence electrons. The summed E-state index contributed by atoms with van der Waals surface area (Å²) in [5, 5.41) is 6.63. The summed E-state index contributed by atoms with van der Waals surface area (Å²) in [5.41, 5.74) is 0.0933. The van der Waals surface area contributed by atoms with Crippen LogP contribution in [-0.4, -0.2) is 41.7 Å². The molecule has 1 saturated heterocycles. The van der Waals surface area contributed by atoms with Gasteiger partial charge in [-0.25, -0.2) is 9.97 Å². The van der Waals surface area contributed by atoms with E-state index < -0.39 is 0 Å². The standard InChI is InChI=1S/C12H21N5/c1-4-14-10-7-11(16-9-15-10)17-6-5-13-8-12(17,2)3/h7,9,13H,4-6,8H2,1-3H3,(H,14,15,16). The summed E-state index contributed by atoms with van der Waals surface area (Å²) in [4.78, 5) is 10.9. The molecule has 2 rings (SSSR count). The second kappa shape index (κ2) is 4.87. The highest BCUT2D eigenvalue weighted by Crippen LogP contribution is 2.24. The van der Waals surface area contributed by atoms with Crippen LogP contribution in [0.3, 0.4) is 0 Å². The fraction of sp³-hybridized carbons (Fsp3) is 0.667. The average Bonchev–Trinajstić information content (AvgIpc) is 2.29. The van der Waals surface area contributed by atoms with Gasteiger partial charge in [-0.15, -0.1) is 0 Å². The van der Waals surface area contributed by atoms with Crippen LogP contribution in [-0.2, 0) is 0 Å². The highest BCUT2D eigenvalue weighted by atomic mass is 15.3. The molecule has 1 aromatic heterocycles. The minimum absolute atomic E-state index is 0.0933. The Morgan fingerprint density at radius 3 is 3.00 bits per heavy atom. The van der Waals surface area contributed by atoms with Crippen LogP contribution in [0.15, 0.2) is 12.4 Å². The van der Waals surface area contributed by atoms with Crippen molar-refractivity contribution in [3.05, 3.63) is 12.4 Å². The first-order chi connectivity index (χ1) is 8.13. The molecule has 0 bridgehead atoms. The molecule has 1 aliphatic rings. The quantitative estimate of drug-likeness (QED) is 0.821. The van der Waals surface area contributed by atoms with Crippen LogP contribution < -0.4 is 15.5 Å². The van der Waals surface area contributed by atoms with Crippen LogP contribution in [0, 0.1) is 0 Å². The summed E-state index contributed by atoms with van der Waals surface area (Å²) in [7, 11) is 0. The molecule has 1 aromatic rings. The second-order valence-corrected chi connectivity index (χ2v) is 4.93. The van der Waals surface area contributed by atoms with E-state index in [4.69, 9.17) is 0 Å². The van der Waals surface area contributed by atoms with E-state index in [1.54, 1.807) is 6.33 Å². The third-order valence-electron chi connectivity index (χ3n) is 3.09. The van der Waals surface area contributed by atoms with Gasteiger partial charge in [-0.1, -0.05) is 0 Å². The van der Waals surface area contributed by atoms with Crippen molar-refractivity contribution in [3.63, 3.8) is 0 Å². The number of anilines is 2. The van der Waals surface area contributed by atoms with Gasteiger partial charge < -0.3 is 15.5 Å². The van der Waals surface area contributed by atoms with Gasteiger partial charge in [0.05, 0.1) is 0 Å². The van der Waals surface area contributed by atoms with Crippen molar-refractivity contribution in [1.29, 1.82) is 0 Å². The molecular weight excluding hydrogens is 214 g/mol. The molecule has 0 saturated carbocycles. The lowest BCUT2D eigenvalue weighted by Gasteiger charge is -2.43. The van der Waals surface area contributed by atoms with E-state index in [0.29, 0.717) is 0 Å². The summed E-state index contributed by atoms with van der Waals surface area (Å²) in [6.07, 6.45) is 1.63. The lowest BCUT2D eigenvalue weighted by Crippen LogP contribution is -2.58. The van der Waals surface area contributed by atoms with E-state index in [0.717, 1.165) is 37.8 Å². The molecule has 5 nitrogen and oxygen atoms in total. The molecule has 2 N–H and O–H groups in total.